The molecule has 0 aliphatic rings. The summed E-state index contributed by atoms with van der Waals surface area (Å²) in [5.41, 5.74) is 1.87. The molecule has 4 heteroatoms. The topological polar surface area (TPSA) is 29.1 Å². The van der Waals surface area contributed by atoms with Gasteiger partial charge in [0.25, 0.3) is 0 Å². The molecule has 2 nitrogen and oxygen atoms in total. The van der Waals surface area contributed by atoms with Crippen LogP contribution in [-0.2, 0) is 11.2 Å². The Morgan fingerprint density at radius 3 is 2.94 bits per heavy atom. The molecule has 0 spiro atoms. The first-order valence-electron chi connectivity index (χ1n) is 4.80. The smallest absolute Gasteiger partial charge is 0.228 e. The number of benzene rings is 1. The molecule has 0 saturated carbocycles. The van der Waals surface area contributed by atoms with E-state index in [-0.39, 0.29) is 5.91 Å². The van der Waals surface area contributed by atoms with Crippen molar-refractivity contribution in [3.05, 3.63) is 51.1 Å². The van der Waals surface area contributed by atoms with E-state index in [2.05, 4.69) is 21.2 Å². The highest BCUT2D eigenvalue weighted by molar-refractivity contribution is 9.10. The lowest BCUT2D eigenvalue weighted by Crippen LogP contribution is -2.13. The monoisotopic (exact) mass is 295 g/mol. The molecule has 16 heavy (non-hydrogen) atoms. The van der Waals surface area contributed by atoms with E-state index in [4.69, 9.17) is 0 Å². The van der Waals surface area contributed by atoms with Crippen molar-refractivity contribution in [2.24, 2.45) is 0 Å². The van der Waals surface area contributed by atoms with Crippen LogP contribution in [0.25, 0.3) is 0 Å². The molecule has 1 aromatic carbocycles. The average molecular weight is 296 g/mol. The first-order chi connectivity index (χ1) is 7.74. The van der Waals surface area contributed by atoms with Crippen LogP contribution in [0.5, 0.6) is 0 Å². The SMILES string of the molecule is O=C(Cc1ccsc1)Nc1cccc(Br)c1. The molecule has 1 aromatic heterocycles. The minimum atomic E-state index is 0.0106. The fraction of sp³-hybridized carbons (Fsp3) is 0.0833. The van der Waals surface area contributed by atoms with Crippen molar-refractivity contribution in [3.8, 4) is 0 Å². The van der Waals surface area contributed by atoms with E-state index < -0.39 is 0 Å². The van der Waals surface area contributed by atoms with Crippen molar-refractivity contribution in [1.82, 2.24) is 0 Å². The first-order valence-corrected chi connectivity index (χ1v) is 6.54. The van der Waals surface area contributed by atoms with Gasteiger partial charge in [-0.15, -0.1) is 0 Å². The second-order valence-electron chi connectivity index (χ2n) is 3.37. The molecular weight excluding hydrogens is 286 g/mol. The van der Waals surface area contributed by atoms with Crippen molar-refractivity contribution in [2.75, 3.05) is 5.32 Å². The number of amides is 1. The van der Waals surface area contributed by atoms with Gasteiger partial charge in [-0.1, -0.05) is 22.0 Å². The molecule has 0 saturated heterocycles. The third-order valence-corrected chi connectivity index (χ3v) is 3.28. The summed E-state index contributed by atoms with van der Waals surface area (Å²) in [5, 5.41) is 6.82. The first kappa shape index (κ1) is 11.4. The van der Waals surface area contributed by atoms with Gasteiger partial charge in [0.2, 0.25) is 5.91 Å². The van der Waals surface area contributed by atoms with Crippen LogP contribution in [-0.4, -0.2) is 5.91 Å². The molecule has 1 heterocycles. The number of nitrogens with one attached hydrogen (secondary N) is 1. The number of rotatable bonds is 3. The van der Waals surface area contributed by atoms with Crippen LogP contribution in [0, 0.1) is 0 Å². The third-order valence-electron chi connectivity index (χ3n) is 2.05. The van der Waals surface area contributed by atoms with Crippen molar-refractivity contribution < 1.29 is 4.79 Å². The van der Waals surface area contributed by atoms with Gasteiger partial charge >= 0.3 is 0 Å². The summed E-state index contributed by atoms with van der Waals surface area (Å²) in [6, 6.07) is 9.53. The maximum Gasteiger partial charge on any atom is 0.228 e. The van der Waals surface area contributed by atoms with E-state index in [1.165, 1.54) is 0 Å². The molecule has 0 aliphatic heterocycles. The minimum Gasteiger partial charge on any atom is -0.326 e. The Morgan fingerprint density at radius 1 is 1.38 bits per heavy atom. The molecular formula is C12H10BrNOS. The van der Waals surface area contributed by atoms with Crippen molar-refractivity contribution in [1.29, 1.82) is 0 Å². The number of carbonyl (C=O) groups excluding carboxylic acids is 1. The predicted octanol–water partition coefficient (Wildman–Crippen LogP) is 3.69. The van der Waals surface area contributed by atoms with Crippen LogP contribution in [0.4, 0.5) is 5.69 Å². The molecule has 2 aromatic rings. The standard InChI is InChI=1S/C12H10BrNOS/c13-10-2-1-3-11(7-10)14-12(15)6-9-4-5-16-8-9/h1-5,7-8H,6H2,(H,14,15). The van der Waals surface area contributed by atoms with Crippen molar-refractivity contribution in [3.63, 3.8) is 0 Å². The Bertz CT molecular complexity index is 482. The lowest BCUT2D eigenvalue weighted by Gasteiger charge is -2.04. The van der Waals surface area contributed by atoms with Gasteiger partial charge in [-0.25, -0.2) is 0 Å². The Kier molecular flexibility index (Phi) is 3.74. The summed E-state index contributed by atoms with van der Waals surface area (Å²) in [5.74, 6) is 0.0106. The van der Waals surface area contributed by atoms with Gasteiger partial charge in [-0.05, 0) is 40.6 Å². The van der Waals surface area contributed by atoms with Gasteiger partial charge in [0.1, 0.15) is 0 Å². The Labute approximate surface area is 106 Å². The van der Waals surface area contributed by atoms with Crippen LogP contribution >= 0.6 is 27.3 Å². The predicted molar refractivity (Wildman–Crippen MR) is 70.8 cm³/mol. The van der Waals surface area contributed by atoms with E-state index in [0.29, 0.717) is 6.42 Å². The Hall–Kier alpha value is -1.13. The Balaban J connectivity index is 1.97. The van der Waals surface area contributed by atoms with Crippen LogP contribution in [0.1, 0.15) is 5.56 Å². The van der Waals surface area contributed by atoms with Gasteiger partial charge < -0.3 is 5.32 Å². The highest BCUT2D eigenvalue weighted by atomic mass is 79.9. The summed E-state index contributed by atoms with van der Waals surface area (Å²) in [7, 11) is 0. The normalized spacial score (nSPS) is 10.1. The lowest BCUT2D eigenvalue weighted by atomic mass is 10.2. The van der Waals surface area contributed by atoms with Crippen molar-refractivity contribution >= 4 is 38.9 Å². The number of anilines is 1. The molecule has 82 valence electrons. The molecule has 2 rings (SSSR count). The molecule has 0 fully saturated rings. The van der Waals surface area contributed by atoms with Crippen LogP contribution in [0.3, 0.4) is 0 Å². The Morgan fingerprint density at radius 2 is 2.25 bits per heavy atom. The van der Waals surface area contributed by atoms with Gasteiger partial charge in [-0.3, -0.25) is 4.79 Å². The van der Waals surface area contributed by atoms with Crippen molar-refractivity contribution in [2.45, 2.75) is 6.42 Å². The maximum absolute atomic E-state index is 11.7. The lowest BCUT2D eigenvalue weighted by molar-refractivity contribution is -0.115. The van der Waals surface area contributed by atoms with E-state index in [0.717, 1.165) is 15.7 Å². The van der Waals surface area contributed by atoms with Gasteiger partial charge in [0, 0.05) is 10.2 Å². The summed E-state index contributed by atoms with van der Waals surface area (Å²) in [4.78, 5) is 11.7. The van der Waals surface area contributed by atoms with Crippen LogP contribution in [0.15, 0.2) is 45.6 Å². The highest BCUT2D eigenvalue weighted by Crippen LogP contribution is 2.16. The highest BCUT2D eigenvalue weighted by Gasteiger charge is 2.04. The molecule has 0 atom stereocenters. The van der Waals surface area contributed by atoms with Gasteiger partial charge in [0.15, 0.2) is 0 Å². The molecule has 0 radical (unpaired) electrons. The zero-order valence-electron chi connectivity index (χ0n) is 8.44. The van der Waals surface area contributed by atoms with E-state index in [1.807, 2.05) is 41.1 Å². The largest absolute Gasteiger partial charge is 0.326 e. The van der Waals surface area contributed by atoms with Crippen LogP contribution < -0.4 is 5.32 Å². The molecule has 1 amide bonds. The fourth-order valence-electron chi connectivity index (χ4n) is 1.35. The zero-order valence-corrected chi connectivity index (χ0v) is 10.8. The maximum atomic E-state index is 11.7. The van der Waals surface area contributed by atoms with E-state index >= 15 is 0 Å². The van der Waals surface area contributed by atoms with E-state index in [9.17, 15) is 4.79 Å². The number of thiophene rings is 1. The van der Waals surface area contributed by atoms with Gasteiger partial charge in [-0.2, -0.15) is 11.3 Å². The van der Waals surface area contributed by atoms with Gasteiger partial charge in [0.05, 0.1) is 6.42 Å². The number of carbonyl (C=O) groups is 1. The summed E-state index contributed by atoms with van der Waals surface area (Å²) in [6.45, 7) is 0. The summed E-state index contributed by atoms with van der Waals surface area (Å²) >= 11 is 4.97. The second kappa shape index (κ2) is 5.27. The molecule has 1 N–H and O–H groups in total. The summed E-state index contributed by atoms with van der Waals surface area (Å²) < 4.78 is 0.959. The molecule has 0 bridgehead atoms. The quantitative estimate of drug-likeness (QED) is 0.919. The second-order valence-corrected chi connectivity index (χ2v) is 5.06. The molecule has 0 unspecified atom stereocenters. The van der Waals surface area contributed by atoms with E-state index in [1.54, 1.807) is 11.3 Å². The zero-order chi connectivity index (χ0) is 11.4. The molecule has 0 aliphatic carbocycles. The third kappa shape index (κ3) is 3.18. The number of halogens is 1. The minimum absolute atomic E-state index is 0.0106. The number of hydrogen-bond donors (Lipinski definition) is 1. The number of hydrogen-bond acceptors (Lipinski definition) is 2. The average Bonchev–Trinajstić information content (AvgIpc) is 2.70. The van der Waals surface area contributed by atoms with Crippen LogP contribution in [0.2, 0.25) is 0 Å². The summed E-state index contributed by atoms with van der Waals surface area (Å²) in [6.07, 6.45) is 0.427. The fourth-order valence-corrected chi connectivity index (χ4v) is 2.42.